The van der Waals surface area contributed by atoms with Crippen LogP contribution in [-0.2, 0) is 4.74 Å². The van der Waals surface area contributed by atoms with Crippen molar-refractivity contribution in [2.45, 2.75) is 6.23 Å². The van der Waals surface area contributed by atoms with Crippen LogP contribution in [0.3, 0.4) is 0 Å². The standard InChI is InChI=1S/C12H15NO2/c1-2-8-14-11-5-3-10(4-6-11)12-13-7-9-15-12/h2-6,12-13H,1,7-9H2. The molecule has 0 aliphatic carbocycles. The minimum Gasteiger partial charge on any atom is -0.490 e. The van der Waals surface area contributed by atoms with Gasteiger partial charge in [-0.1, -0.05) is 24.8 Å². The first kappa shape index (κ1) is 10.2. The highest BCUT2D eigenvalue weighted by Crippen LogP contribution is 2.20. The first-order valence-corrected chi connectivity index (χ1v) is 5.09. The van der Waals surface area contributed by atoms with E-state index >= 15 is 0 Å². The Bertz CT molecular complexity index is 315. The van der Waals surface area contributed by atoms with E-state index in [0.29, 0.717) is 6.61 Å². The molecular weight excluding hydrogens is 190 g/mol. The number of ether oxygens (including phenoxy) is 2. The topological polar surface area (TPSA) is 30.5 Å². The van der Waals surface area contributed by atoms with Gasteiger partial charge in [0.15, 0.2) is 0 Å². The van der Waals surface area contributed by atoms with Crippen molar-refractivity contribution in [3.63, 3.8) is 0 Å². The van der Waals surface area contributed by atoms with E-state index in [1.54, 1.807) is 6.08 Å². The summed E-state index contributed by atoms with van der Waals surface area (Å²) in [6, 6.07) is 7.92. The van der Waals surface area contributed by atoms with Crippen molar-refractivity contribution in [1.82, 2.24) is 5.32 Å². The molecule has 80 valence electrons. The average Bonchev–Trinajstić information content (AvgIpc) is 2.80. The van der Waals surface area contributed by atoms with Crippen LogP contribution in [0.25, 0.3) is 0 Å². The molecular formula is C12H15NO2. The smallest absolute Gasteiger partial charge is 0.134 e. The molecule has 1 aliphatic rings. The lowest BCUT2D eigenvalue weighted by Gasteiger charge is -2.10. The van der Waals surface area contributed by atoms with Crippen LogP contribution in [0.4, 0.5) is 0 Å². The summed E-state index contributed by atoms with van der Waals surface area (Å²) >= 11 is 0. The molecule has 0 amide bonds. The van der Waals surface area contributed by atoms with Crippen LogP contribution in [0.5, 0.6) is 5.75 Å². The third-order valence-corrected chi connectivity index (χ3v) is 2.27. The minimum absolute atomic E-state index is 0.0402. The van der Waals surface area contributed by atoms with Gasteiger partial charge in [0.1, 0.15) is 18.6 Å². The number of rotatable bonds is 4. The van der Waals surface area contributed by atoms with Gasteiger partial charge in [-0.25, -0.2) is 0 Å². The molecule has 1 unspecified atom stereocenters. The summed E-state index contributed by atoms with van der Waals surface area (Å²) in [7, 11) is 0. The highest BCUT2D eigenvalue weighted by Gasteiger charge is 2.15. The summed E-state index contributed by atoms with van der Waals surface area (Å²) in [5.74, 6) is 0.858. The van der Waals surface area contributed by atoms with Crippen LogP contribution in [0.2, 0.25) is 0 Å². The molecule has 1 saturated heterocycles. The fraction of sp³-hybridized carbons (Fsp3) is 0.333. The van der Waals surface area contributed by atoms with Gasteiger partial charge in [0, 0.05) is 6.54 Å². The Kier molecular flexibility index (Phi) is 3.37. The van der Waals surface area contributed by atoms with E-state index in [1.807, 2.05) is 24.3 Å². The third kappa shape index (κ3) is 2.58. The molecule has 0 radical (unpaired) electrons. The Balaban J connectivity index is 1.99. The zero-order chi connectivity index (χ0) is 10.5. The minimum atomic E-state index is 0.0402. The van der Waals surface area contributed by atoms with Crippen molar-refractivity contribution in [3.05, 3.63) is 42.5 Å². The van der Waals surface area contributed by atoms with E-state index in [1.165, 1.54) is 0 Å². The largest absolute Gasteiger partial charge is 0.490 e. The quantitative estimate of drug-likeness (QED) is 0.761. The highest BCUT2D eigenvalue weighted by molar-refractivity contribution is 5.28. The monoisotopic (exact) mass is 205 g/mol. The van der Waals surface area contributed by atoms with Gasteiger partial charge >= 0.3 is 0 Å². The SMILES string of the molecule is C=CCOc1ccc(C2NCCO2)cc1. The maximum atomic E-state index is 5.49. The third-order valence-electron chi connectivity index (χ3n) is 2.27. The summed E-state index contributed by atoms with van der Waals surface area (Å²) < 4.78 is 10.9. The van der Waals surface area contributed by atoms with E-state index in [9.17, 15) is 0 Å². The number of benzene rings is 1. The molecule has 1 aliphatic heterocycles. The second-order valence-electron chi connectivity index (χ2n) is 3.37. The van der Waals surface area contributed by atoms with Crippen LogP contribution >= 0.6 is 0 Å². The van der Waals surface area contributed by atoms with Crippen molar-refractivity contribution in [2.75, 3.05) is 19.8 Å². The van der Waals surface area contributed by atoms with Gasteiger partial charge in [0.2, 0.25) is 0 Å². The number of hydrogen-bond acceptors (Lipinski definition) is 3. The lowest BCUT2D eigenvalue weighted by Crippen LogP contribution is -2.13. The summed E-state index contributed by atoms with van der Waals surface area (Å²) in [5.41, 5.74) is 1.14. The van der Waals surface area contributed by atoms with Crippen LogP contribution in [0, 0.1) is 0 Å². The Morgan fingerprint density at radius 2 is 2.27 bits per heavy atom. The van der Waals surface area contributed by atoms with Crippen molar-refractivity contribution in [1.29, 1.82) is 0 Å². The van der Waals surface area contributed by atoms with E-state index in [0.717, 1.165) is 24.5 Å². The van der Waals surface area contributed by atoms with E-state index in [-0.39, 0.29) is 6.23 Å². The predicted octanol–water partition coefficient (Wildman–Crippen LogP) is 1.87. The molecule has 1 heterocycles. The van der Waals surface area contributed by atoms with Crippen LogP contribution < -0.4 is 10.1 Å². The molecule has 0 saturated carbocycles. The molecule has 2 rings (SSSR count). The molecule has 3 heteroatoms. The molecule has 1 aromatic carbocycles. The Morgan fingerprint density at radius 3 is 2.87 bits per heavy atom. The Labute approximate surface area is 89.7 Å². The van der Waals surface area contributed by atoms with E-state index in [2.05, 4.69) is 11.9 Å². The zero-order valence-electron chi connectivity index (χ0n) is 8.61. The van der Waals surface area contributed by atoms with Crippen LogP contribution in [-0.4, -0.2) is 19.8 Å². The molecule has 3 nitrogen and oxygen atoms in total. The lowest BCUT2D eigenvalue weighted by atomic mass is 10.2. The van der Waals surface area contributed by atoms with Gasteiger partial charge in [0.25, 0.3) is 0 Å². The molecule has 1 aromatic rings. The molecule has 0 aromatic heterocycles. The molecule has 1 N–H and O–H groups in total. The summed E-state index contributed by atoms with van der Waals surface area (Å²) in [4.78, 5) is 0. The van der Waals surface area contributed by atoms with E-state index < -0.39 is 0 Å². The maximum Gasteiger partial charge on any atom is 0.134 e. The number of hydrogen-bond donors (Lipinski definition) is 1. The Hall–Kier alpha value is -1.32. The van der Waals surface area contributed by atoms with Crippen molar-refractivity contribution in [2.24, 2.45) is 0 Å². The lowest BCUT2D eigenvalue weighted by molar-refractivity contribution is 0.102. The normalized spacial score (nSPS) is 20.1. The predicted molar refractivity (Wildman–Crippen MR) is 58.8 cm³/mol. The van der Waals surface area contributed by atoms with E-state index in [4.69, 9.17) is 9.47 Å². The second kappa shape index (κ2) is 4.96. The highest BCUT2D eigenvalue weighted by atomic mass is 16.5. The molecule has 1 fully saturated rings. The van der Waals surface area contributed by atoms with Gasteiger partial charge in [0.05, 0.1) is 6.61 Å². The van der Waals surface area contributed by atoms with Gasteiger partial charge in [-0.3, -0.25) is 5.32 Å². The summed E-state index contributed by atoms with van der Waals surface area (Å²) in [6.07, 6.45) is 1.77. The molecule has 15 heavy (non-hydrogen) atoms. The molecule has 0 spiro atoms. The molecule has 1 atom stereocenters. The average molecular weight is 205 g/mol. The first-order valence-electron chi connectivity index (χ1n) is 5.09. The van der Waals surface area contributed by atoms with Crippen LogP contribution in [0.1, 0.15) is 11.8 Å². The number of nitrogens with one attached hydrogen (secondary N) is 1. The molecule has 0 bridgehead atoms. The maximum absolute atomic E-state index is 5.49. The van der Waals surface area contributed by atoms with Gasteiger partial charge in [-0.2, -0.15) is 0 Å². The second-order valence-corrected chi connectivity index (χ2v) is 3.37. The van der Waals surface area contributed by atoms with Gasteiger partial charge in [-0.15, -0.1) is 0 Å². The van der Waals surface area contributed by atoms with Gasteiger partial charge in [-0.05, 0) is 17.7 Å². The zero-order valence-corrected chi connectivity index (χ0v) is 8.61. The van der Waals surface area contributed by atoms with Crippen molar-refractivity contribution >= 4 is 0 Å². The fourth-order valence-electron chi connectivity index (χ4n) is 1.53. The van der Waals surface area contributed by atoms with Gasteiger partial charge < -0.3 is 9.47 Å². The van der Waals surface area contributed by atoms with Crippen molar-refractivity contribution < 1.29 is 9.47 Å². The first-order chi connectivity index (χ1) is 7.40. The van der Waals surface area contributed by atoms with Crippen molar-refractivity contribution in [3.8, 4) is 5.75 Å². The fourth-order valence-corrected chi connectivity index (χ4v) is 1.53. The summed E-state index contributed by atoms with van der Waals surface area (Å²) in [6.45, 7) is 5.83. The Morgan fingerprint density at radius 1 is 1.47 bits per heavy atom. The van der Waals surface area contributed by atoms with Crippen LogP contribution in [0.15, 0.2) is 36.9 Å². The summed E-state index contributed by atoms with van der Waals surface area (Å²) in [5, 5.41) is 3.26.